The van der Waals surface area contributed by atoms with Gasteiger partial charge in [-0.3, -0.25) is 0 Å². The molecule has 0 aliphatic rings. The molecule has 2 rings (SSSR count). The first-order valence-electron chi connectivity index (χ1n) is 15.7. The molecule has 0 N–H and O–H groups in total. The molecule has 1 aromatic carbocycles. The highest BCUT2D eigenvalue weighted by Gasteiger charge is 2.77. The van der Waals surface area contributed by atoms with Gasteiger partial charge in [0.1, 0.15) is 6.61 Å². The van der Waals surface area contributed by atoms with Crippen LogP contribution in [-0.2, 0) is 22.3 Å². The van der Waals surface area contributed by atoms with Gasteiger partial charge in [-0.05, 0) is 43.2 Å². The molecule has 1 heterocycles. The van der Waals surface area contributed by atoms with E-state index in [1.54, 1.807) is 0 Å². The SMILES string of the molecule is CCCCCCCCCCc1cnc(-c2ccc(CCCCCCOCC(F)(F)C(F)(F)C(F)(F)OC(F)(F)C(F)(F)F)cc2)nc1. The highest BCUT2D eigenvalue weighted by molar-refractivity contribution is 5.55. The van der Waals surface area contributed by atoms with Gasteiger partial charge in [0.25, 0.3) is 0 Å². The number of aromatic nitrogens is 2. The van der Waals surface area contributed by atoms with Gasteiger partial charge < -0.3 is 4.74 Å². The van der Waals surface area contributed by atoms with Crippen molar-refractivity contribution >= 4 is 0 Å². The van der Waals surface area contributed by atoms with E-state index < -0.39 is 43.5 Å². The number of benzene rings is 1. The Bertz CT molecular complexity index is 1160. The highest BCUT2D eigenvalue weighted by atomic mass is 19.4. The Morgan fingerprint density at radius 3 is 1.60 bits per heavy atom. The predicted octanol–water partition coefficient (Wildman–Crippen LogP) is 11.0. The van der Waals surface area contributed by atoms with Crippen molar-refractivity contribution in [1.29, 1.82) is 0 Å². The van der Waals surface area contributed by atoms with E-state index in [2.05, 4.69) is 21.6 Å². The first-order valence-corrected chi connectivity index (χ1v) is 15.7. The van der Waals surface area contributed by atoms with E-state index in [-0.39, 0.29) is 6.42 Å². The Kier molecular flexibility index (Phi) is 15.8. The van der Waals surface area contributed by atoms with E-state index in [9.17, 15) is 48.3 Å². The monoisotopic (exact) mass is 694 g/mol. The van der Waals surface area contributed by atoms with E-state index in [0.717, 1.165) is 29.5 Å². The fourth-order valence-corrected chi connectivity index (χ4v) is 4.59. The molecular weight excluding hydrogens is 653 g/mol. The Balaban J connectivity index is 1.66. The zero-order valence-electron chi connectivity index (χ0n) is 26.1. The Labute approximate surface area is 267 Å². The van der Waals surface area contributed by atoms with Crippen LogP contribution in [0.5, 0.6) is 0 Å². The summed E-state index contributed by atoms with van der Waals surface area (Å²) in [6, 6.07) is 7.63. The van der Waals surface area contributed by atoms with Crippen LogP contribution in [0.3, 0.4) is 0 Å². The van der Waals surface area contributed by atoms with Crippen molar-refractivity contribution in [3.8, 4) is 11.4 Å². The number of hydrogen-bond acceptors (Lipinski definition) is 4. The van der Waals surface area contributed by atoms with Gasteiger partial charge >= 0.3 is 30.2 Å². The zero-order valence-corrected chi connectivity index (χ0v) is 26.1. The van der Waals surface area contributed by atoms with Gasteiger partial charge in [-0.2, -0.15) is 48.3 Å². The minimum Gasteiger partial charge on any atom is -0.375 e. The van der Waals surface area contributed by atoms with Crippen LogP contribution < -0.4 is 0 Å². The summed E-state index contributed by atoms with van der Waals surface area (Å²) in [5, 5.41) is 0. The summed E-state index contributed by atoms with van der Waals surface area (Å²) in [6.07, 6.45) is -3.49. The molecule has 0 unspecified atom stereocenters. The Morgan fingerprint density at radius 1 is 0.574 bits per heavy atom. The van der Waals surface area contributed by atoms with E-state index in [1.165, 1.54) is 44.9 Å². The maximum atomic E-state index is 13.7. The minimum atomic E-state index is -6.86. The van der Waals surface area contributed by atoms with Crippen LogP contribution >= 0.6 is 0 Å². The molecule has 2 aromatic rings. The van der Waals surface area contributed by atoms with Gasteiger partial charge in [-0.25, -0.2) is 14.7 Å². The number of rotatable bonds is 23. The largest absolute Gasteiger partial charge is 0.483 e. The summed E-state index contributed by atoms with van der Waals surface area (Å²) >= 11 is 0. The average Bonchev–Trinajstić information content (AvgIpc) is 2.99. The van der Waals surface area contributed by atoms with Crippen molar-refractivity contribution in [3.63, 3.8) is 0 Å². The molecule has 0 bridgehead atoms. The van der Waals surface area contributed by atoms with Gasteiger partial charge in [0.05, 0.1) is 0 Å². The van der Waals surface area contributed by atoms with Crippen LogP contribution in [0.2, 0.25) is 0 Å². The van der Waals surface area contributed by atoms with Crippen LogP contribution in [-0.4, -0.2) is 53.4 Å². The first-order chi connectivity index (χ1) is 21.9. The molecule has 0 saturated carbocycles. The van der Waals surface area contributed by atoms with Crippen LogP contribution in [0.1, 0.15) is 95.1 Å². The molecule has 0 atom stereocenters. The topological polar surface area (TPSA) is 44.2 Å². The van der Waals surface area contributed by atoms with Crippen molar-refractivity contribution in [2.45, 2.75) is 127 Å². The summed E-state index contributed by atoms with van der Waals surface area (Å²) in [6.45, 7) is -0.712. The lowest BCUT2D eigenvalue weighted by atomic mass is 10.0. The molecule has 15 heteroatoms. The quantitative estimate of drug-likeness (QED) is 0.0858. The third kappa shape index (κ3) is 12.8. The van der Waals surface area contributed by atoms with Crippen molar-refractivity contribution < 1.29 is 57.8 Å². The fourth-order valence-electron chi connectivity index (χ4n) is 4.59. The molecule has 268 valence electrons. The number of hydrogen-bond donors (Lipinski definition) is 0. The lowest BCUT2D eigenvalue weighted by Gasteiger charge is -2.34. The first kappa shape index (κ1) is 40.6. The lowest BCUT2D eigenvalue weighted by Crippen LogP contribution is -2.60. The molecule has 0 radical (unpaired) electrons. The van der Waals surface area contributed by atoms with Crippen molar-refractivity contribution in [1.82, 2.24) is 9.97 Å². The van der Waals surface area contributed by atoms with Gasteiger partial charge in [0, 0.05) is 24.6 Å². The molecule has 0 spiro atoms. The Hall–Kier alpha value is -2.55. The highest BCUT2D eigenvalue weighted by Crippen LogP contribution is 2.50. The van der Waals surface area contributed by atoms with Gasteiger partial charge in [0.2, 0.25) is 0 Å². The number of halogens is 11. The van der Waals surface area contributed by atoms with Crippen LogP contribution in [0.25, 0.3) is 11.4 Å². The minimum absolute atomic E-state index is 0.0754. The molecule has 0 amide bonds. The lowest BCUT2D eigenvalue weighted by molar-refractivity contribution is -0.501. The second kappa shape index (κ2) is 18.3. The molecule has 0 aliphatic carbocycles. The second-order valence-corrected chi connectivity index (χ2v) is 11.5. The molecule has 0 saturated heterocycles. The summed E-state index contributed by atoms with van der Waals surface area (Å²) in [7, 11) is 0. The van der Waals surface area contributed by atoms with Crippen molar-refractivity contribution in [2.75, 3.05) is 13.2 Å². The molecule has 0 fully saturated rings. The summed E-state index contributed by atoms with van der Waals surface area (Å²) in [4.78, 5) is 8.95. The smallest absolute Gasteiger partial charge is 0.375 e. The number of ether oxygens (including phenoxy) is 2. The van der Waals surface area contributed by atoms with Crippen molar-refractivity contribution in [3.05, 3.63) is 47.8 Å². The standard InChI is InChI=1S/C32H41F11N2O2/c1-2-3-4-5-6-7-8-12-15-25-21-44-27(45-22-25)26-18-16-24(17-19-26)14-11-9-10-13-20-46-23-28(33,34)29(35,36)31(40,41)47-32(42,43)30(37,38)39/h16-19,21-22H,2-15,20,23H2,1H3. The van der Waals surface area contributed by atoms with E-state index >= 15 is 0 Å². The number of alkyl halides is 11. The maximum absolute atomic E-state index is 13.7. The van der Waals surface area contributed by atoms with Crippen LogP contribution in [0.15, 0.2) is 36.7 Å². The van der Waals surface area contributed by atoms with Crippen LogP contribution in [0, 0.1) is 0 Å². The van der Waals surface area contributed by atoms with E-state index in [4.69, 9.17) is 0 Å². The third-order valence-corrected chi connectivity index (χ3v) is 7.44. The van der Waals surface area contributed by atoms with Crippen molar-refractivity contribution in [2.24, 2.45) is 0 Å². The van der Waals surface area contributed by atoms with Gasteiger partial charge in [-0.1, -0.05) is 89.0 Å². The molecule has 4 nitrogen and oxygen atoms in total. The Morgan fingerprint density at radius 2 is 1.06 bits per heavy atom. The predicted molar refractivity (Wildman–Crippen MR) is 154 cm³/mol. The molecule has 0 aliphatic heterocycles. The van der Waals surface area contributed by atoms with Gasteiger partial charge in [0.15, 0.2) is 5.82 Å². The zero-order chi connectivity index (χ0) is 35.2. The average molecular weight is 695 g/mol. The van der Waals surface area contributed by atoms with Crippen LogP contribution in [0.4, 0.5) is 48.3 Å². The van der Waals surface area contributed by atoms with Gasteiger partial charge in [-0.15, -0.1) is 0 Å². The molecule has 1 aromatic heterocycles. The maximum Gasteiger partial charge on any atom is 0.483 e. The summed E-state index contributed by atoms with van der Waals surface area (Å²) in [5.41, 5.74) is 2.96. The summed E-state index contributed by atoms with van der Waals surface area (Å²) in [5.74, 6) is -11.9. The second-order valence-electron chi connectivity index (χ2n) is 11.5. The summed E-state index contributed by atoms with van der Waals surface area (Å²) < 4.78 is 149. The van der Waals surface area contributed by atoms with E-state index in [1.807, 2.05) is 41.4 Å². The number of aryl methyl sites for hydroxylation is 2. The normalized spacial score (nSPS) is 13.4. The fraction of sp³-hybridized carbons (Fsp3) is 0.688. The van der Waals surface area contributed by atoms with E-state index in [0.29, 0.717) is 31.5 Å². The number of nitrogens with zero attached hydrogens (tertiary/aromatic N) is 2. The third-order valence-electron chi connectivity index (χ3n) is 7.44. The molecule has 47 heavy (non-hydrogen) atoms. The molecular formula is C32H41F11N2O2. The number of unbranched alkanes of at least 4 members (excludes halogenated alkanes) is 10.